The minimum absolute atomic E-state index is 0.0442. The number of H-pyrrole nitrogens is 1. The predicted molar refractivity (Wildman–Crippen MR) is 149 cm³/mol. The quantitative estimate of drug-likeness (QED) is 0.230. The highest BCUT2D eigenvalue weighted by Crippen LogP contribution is 2.31. The van der Waals surface area contributed by atoms with Crippen molar-refractivity contribution in [1.29, 1.82) is 0 Å². The molecule has 0 radical (unpaired) electrons. The Morgan fingerprint density at radius 3 is 2.37 bits per heavy atom. The van der Waals surface area contributed by atoms with E-state index in [2.05, 4.69) is 15.0 Å². The lowest BCUT2D eigenvalue weighted by atomic mass is 9.95. The third kappa shape index (κ3) is 5.36. The maximum absolute atomic E-state index is 15.1. The van der Waals surface area contributed by atoms with Gasteiger partial charge in [-0.1, -0.05) is 6.07 Å². The van der Waals surface area contributed by atoms with Gasteiger partial charge in [-0.25, -0.2) is 13.8 Å². The van der Waals surface area contributed by atoms with Gasteiger partial charge >= 0.3 is 0 Å². The summed E-state index contributed by atoms with van der Waals surface area (Å²) in [5.41, 5.74) is 1.38. The first kappa shape index (κ1) is 27.4. The average Bonchev–Trinajstić information content (AvgIpc) is 2.94. The lowest BCUT2D eigenvalue weighted by molar-refractivity contribution is 0.0991. The van der Waals surface area contributed by atoms with Crippen LogP contribution < -0.4 is 19.6 Å². The van der Waals surface area contributed by atoms with E-state index in [0.29, 0.717) is 45.2 Å². The van der Waals surface area contributed by atoms with Crippen molar-refractivity contribution < 1.29 is 27.8 Å². The fourth-order valence-electron chi connectivity index (χ4n) is 4.67. The summed E-state index contributed by atoms with van der Waals surface area (Å²) in [7, 11) is 2.92. The van der Waals surface area contributed by atoms with E-state index in [0.717, 1.165) is 0 Å². The summed E-state index contributed by atoms with van der Waals surface area (Å²) in [6.07, 6.45) is 2.76. The van der Waals surface area contributed by atoms with E-state index in [4.69, 9.17) is 14.2 Å². The Labute approximate surface area is 233 Å². The zero-order valence-electron chi connectivity index (χ0n) is 22.7. The molecule has 0 saturated carbocycles. The van der Waals surface area contributed by atoms with Crippen molar-refractivity contribution >= 4 is 16.8 Å². The van der Waals surface area contributed by atoms with Gasteiger partial charge in [0.2, 0.25) is 5.43 Å². The van der Waals surface area contributed by atoms with Crippen molar-refractivity contribution in [2.24, 2.45) is 0 Å². The molecule has 5 aromatic rings. The molecular formula is C31H25F2N3O5. The fourth-order valence-corrected chi connectivity index (χ4v) is 4.67. The molecule has 1 N–H and O–H groups in total. The maximum Gasteiger partial charge on any atom is 0.200 e. The van der Waals surface area contributed by atoms with Gasteiger partial charge in [0.1, 0.15) is 22.8 Å². The van der Waals surface area contributed by atoms with Gasteiger partial charge in [0.15, 0.2) is 23.1 Å². The molecule has 3 heterocycles. The fraction of sp³-hybridized carbons (Fsp3) is 0.161. The van der Waals surface area contributed by atoms with E-state index < -0.39 is 22.8 Å². The van der Waals surface area contributed by atoms with Crippen molar-refractivity contribution in [3.63, 3.8) is 0 Å². The summed E-state index contributed by atoms with van der Waals surface area (Å²) in [4.78, 5) is 38.3. The highest BCUT2D eigenvalue weighted by Gasteiger charge is 2.22. The molecule has 0 unspecified atom stereocenters. The smallest absolute Gasteiger partial charge is 0.200 e. The number of methoxy groups -OCH3 is 2. The molecule has 0 amide bonds. The summed E-state index contributed by atoms with van der Waals surface area (Å²) >= 11 is 0. The Hall–Kier alpha value is -5.12. The first-order chi connectivity index (χ1) is 19.7. The summed E-state index contributed by atoms with van der Waals surface area (Å²) < 4.78 is 45.9. The molecule has 8 nitrogen and oxygen atoms in total. The molecule has 5 rings (SSSR count). The number of rotatable bonds is 8. The number of aromatic amines is 1. The lowest BCUT2D eigenvalue weighted by Gasteiger charge is -2.13. The number of aryl methyl sites for hydroxylation is 2. The van der Waals surface area contributed by atoms with Gasteiger partial charge < -0.3 is 19.2 Å². The van der Waals surface area contributed by atoms with Crippen LogP contribution in [-0.2, 0) is 6.42 Å². The Morgan fingerprint density at radius 2 is 1.66 bits per heavy atom. The molecule has 208 valence electrons. The summed E-state index contributed by atoms with van der Waals surface area (Å²) in [6, 6.07) is 11.5. The SMILES string of the molecule is COc1ccc(-c2c(C)[nH]c(C)c(C(=O)Cc3ccc(Oc4ccnc5cc(OC)cnc45)c(F)c3)c2=O)c(F)c1. The van der Waals surface area contributed by atoms with Crippen LogP contribution in [0.25, 0.3) is 22.2 Å². The molecule has 0 aliphatic rings. The number of halogens is 2. The van der Waals surface area contributed by atoms with Gasteiger partial charge in [0.05, 0.1) is 37.1 Å². The van der Waals surface area contributed by atoms with E-state index in [-0.39, 0.29) is 28.9 Å². The minimum Gasteiger partial charge on any atom is -0.497 e. The van der Waals surface area contributed by atoms with Crippen LogP contribution in [0.1, 0.15) is 27.3 Å². The van der Waals surface area contributed by atoms with E-state index >= 15 is 4.39 Å². The van der Waals surface area contributed by atoms with Crippen LogP contribution >= 0.6 is 0 Å². The van der Waals surface area contributed by atoms with Gasteiger partial charge in [0, 0.05) is 47.8 Å². The molecule has 0 spiro atoms. The third-order valence-electron chi connectivity index (χ3n) is 6.64. The molecule has 41 heavy (non-hydrogen) atoms. The molecule has 2 aromatic carbocycles. The highest BCUT2D eigenvalue weighted by atomic mass is 19.1. The van der Waals surface area contributed by atoms with Gasteiger partial charge in [-0.15, -0.1) is 0 Å². The van der Waals surface area contributed by atoms with Crippen molar-refractivity contribution in [2.45, 2.75) is 20.3 Å². The second-order valence-corrected chi connectivity index (χ2v) is 9.32. The number of nitrogens with zero attached hydrogens (tertiary/aromatic N) is 2. The number of ketones is 1. The molecular weight excluding hydrogens is 532 g/mol. The van der Waals surface area contributed by atoms with Crippen LogP contribution in [0, 0.1) is 25.5 Å². The number of hydrogen-bond acceptors (Lipinski definition) is 7. The second kappa shape index (κ2) is 11.2. The van der Waals surface area contributed by atoms with Crippen LogP contribution in [0.3, 0.4) is 0 Å². The van der Waals surface area contributed by atoms with Crippen molar-refractivity contribution in [1.82, 2.24) is 15.0 Å². The van der Waals surface area contributed by atoms with Crippen molar-refractivity contribution in [2.75, 3.05) is 14.2 Å². The number of hydrogen-bond donors (Lipinski definition) is 1. The lowest BCUT2D eigenvalue weighted by Crippen LogP contribution is -2.23. The van der Waals surface area contributed by atoms with E-state index in [9.17, 15) is 14.0 Å². The molecule has 0 bridgehead atoms. The topological polar surface area (TPSA) is 103 Å². The van der Waals surface area contributed by atoms with Gasteiger partial charge in [0.25, 0.3) is 0 Å². The Kier molecular flexibility index (Phi) is 7.47. The first-order valence-corrected chi connectivity index (χ1v) is 12.6. The number of nitrogens with one attached hydrogen (secondary N) is 1. The van der Waals surface area contributed by atoms with Crippen LogP contribution in [0.2, 0.25) is 0 Å². The standard InChI is InChI=1S/C31H25F2N3O5/c1-16-28(21-7-6-19(39-3)13-22(21)32)31(38)29(17(2)36-16)25(37)12-18-5-8-26(23(33)11-18)41-27-9-10-34-24-14-20(40-4)15-35-30(24)27/h5-11,13-15H,12H2,1-4H3,(H,36,38). The zero-order chi connectivity index (χ0) is 29.3. The number of carbonyl (C=O) groups is 1. The number of benzene rings is 2. The molecule has 3 aromatic heterocycles. The molecule has 0 aliphatic carbocycles. The Bertz CT molecular complexity index is 1870. The molecule has 0 aliphatic heterocycles. The predicted octanol–water partition coefficient (Wildman–Crippen LogP) is 6.12. The van der Waals surface area contributed by atoms with Gasteiger partial charge in [-0.2, -0.15) is 0 Å². The normalized spacial score (nSPS) is 11.0. The van der Waals surface area contributed by atoms with E-state index in [1.165, 1.54) is 63.0 Å². The number of aromatic nitrogens is 3. The number of ether oxygens (including phenoxy) is 3. The monoisotopic (exact) mass is 557 g/mol. The Balaban J connectivity index is 1.42. The average molecular weight is 558 g/mol. The summed E-state index contributed by atoms with van der Waals surface area (Å²) in [5, 5.41) is 0. The summed E-state index contributed by atoms with van der Waals surface area (Å²) in [6.45, 7) is 3.23. The highest BCUT2D eigenvalue weighted by molar-refractivity contribution is 5.99. The minimum atomic E-state index is -0.704. The number of pyridine rings is 3. The van der Waals surface area contributed by atoms with Gasteiger partial charge in [-0.3, -0.25) is 14.6 Å². The Morgan fingerprint density at radius 1 is 0.878 bits per heavy atom. The van der Waals surface area contributed by atoms with Crippen molar-refractivity contribution in [3.05, 3.63) is 105 Å². The molecule has 0 saturated heterocycles. The third-order valence-corrected chi connectivity index (χ3v) is 6.64. The van der Waals surface area contributed by atoms with E-state index in [1.807, 2.05) is 0 Å². The van der Waals surface area contributed by atoms with Crippen LogP contribution in [0.15, 0.2) is 65.7 Å². The first-order valence-electron chi connectivity index (χ1n) is 12.6. The number of fused-ring (bicyclic) bond motifs is 1. The van der Waals surface area contributed by atoms with E-state index in [1.54, 1.807) is 26.0 Å². The molecule has 0 fully saturated rings. The molecule has 0 atom stereocenters. The summed E-state index contributed by atoms with van der Waals surface area (Å²) in [5.74, 6) is -0.866. The van der Waals surface area contributed by atoms with Crippen molar-refractivity contribution in [3.8, 4) is 34.1 Å². The maximum atomic E-state index is 15.1. The largest absolute Gasteiger partial charge is 0.497 e. The number of Topliss-reactive ketones (excluding diaryl/α,β-unsaturated/α-hetero) is 1. The zero-order valence-corrected chi connectivity index (χ0v) is 22.7. The van der Waals surface area contributed by atoms with Gasteiger partial charge in [-0.05, 0) is 43.7 Å². The number of carbonyl (C=O) groups excluding carboxylic acids is 1. The van der Waals surface area contributed by atoms with Crippen LogP contribution in [0.4, 0.5) is 8.78 Å². The molecule has 10 heteroatoms. The van der Waals surface area contributed by atoms with Crippen LogP contribution in [0.5, 0.6) is 23.0 Å². The van der Waals surface area contributed by atoms with Crippen LogP contribution in [-0.4, -0.2) is 35.0 Å². The second-order valence-electron chi connectivity index (χ2n) is 9.32.